The molecule has 4 aliphatic rings. The molecule has 188 valence electrons. The summed E-state index contributed by atoms with van der Waals surface area (Å²) in [5, 5.41) is 2.80. The standard InChI is InChI=1S/C28H29N7O2/c29-35-15-13-30-17-23(35)26(22-4-3-14-34(18-22)25(36)16-19-6-7-19)33-27(35)20-8-10-21(11-9-20)28(37)32-24-5-1-2-12-31-24/h1-2,5,8-13,15,17,19,22H,3-4,6-7,14,16,18,29H2/p+1. The molecule has 2 fully saturated rings. The number of hydrogen-bond acceptors (Lipinski definition) is 6. The molecular formula is C28H30N7O2+. The quantitative estimate of drug-likeness (QED) is 0.470. The maximum absolute atomic E-state index is 12.8. The molecule has 2 amide bonds. The van der Waals surface area contributed by atoms with Crippen molar-refractivity contribution in [1.82, 2.24) is 9.88 Å². The van der Waals surface area contributed by atoms with Crippen LogP contribution in [0.2, 0.25) is 0 Å². The van der Waals surface area contributed by atoms with E-state index in [2.05, 4.69) is 15.3 Å². The van der Waals surface area contributed by atoms with Crippen LogP contribution in [-0.2, 0) is 4.79 Å². The summed E-state index contributed by atoms with van der Waals surface area (Å²) in [6.07, 6.45) is 11.8. The Morgan fingerprint density at radius 2 is 1.95 bits per heavy atom. The second-order valence-corrected chi connectivity index (χ2v) is 10.1. The van der Waals surface area contributed by atoms with Crippen molar-refractivity contribution < 1.29 is 14.2 Å². The van der Waals surface area contributed by atoms with Crippen LogP contribution in [-0.4, -0.2) is 51.4 Å². The number of anilines is 1. The monoisotopic (exact) mass is 496 g/mol. The molecule has 37 heavy (non-hydrogen) atoms. The Morgan fingerprint density at radius 3 is 2.70 bits per heavy atom. The molecule has 2 atom stereocenters. The van der Waals surface area contributed by atoms with Gasteiger partial charge in [-0.15, -0.1) is 4.59 Å². The number of pyridine rings is 1. The highest BCUT2D eigenvalue weighted by Crippen LogP contribution is 2.38. The number of aliphatic imine (C=N–C) groups is 2. The summed E-state index contributed by atoms with van der Waals surface area (Å²) < 4.78 is -0.0785. The Morgan fingerprint density at radius 1 is 1.11 bits per heavy atom. The van der Waals surface area contributed by atoms with Crippen molar-refractivity contribution in [2.75, 3.05) is 18.4 Å². The number of amides is 2. The van der Waals surface area contributed by atoms with Gasteiger partial charge in [0.25, 0.3) is 11.7 Å². The molecule has 3 N–H and O–H groups in total. The number of piperidine rings is 1. The lowest BCUT2D eigenvalue weighted by atomic mass is 9.93. The van der Waals surface area contributed by atoms with Gasteiger partial charge in [0.05, 0.1) is 18.0 Å². The Kier molecular flexibility index (Phi) is 6.02. The zero-order chi connectivity index (χ0) is 25.4. The number of amidine groups is 1. The van der Waals surface area contributed by atoms with Gasteiger partial charge in [-0.3, -0.25) is 14.6 Å². The van der Waals surface area contributed by atoms with Crippen molar-refractivity contribution >= 4 is 29.7 Å². The molecule has 0 spiro atoms. The molecule has 2 aromatic rings. The van der Waals surface area contributed by atoms with E-state index in [1.165, 1.54) is 12.8 Å². The van der Waals surface area contributed by atoms with Gasteiger partial charge in [0, 0.05) is 37.2 Å². The van der Waals surface area contributed by atoms with Crippen LogP contribution in [0.15, 0.2) is 82.4 Å². The van der Waals surface area contributed by atoms with Gasteiger partial charge in [0.1, 0.15) is 17.7 Å². The Bertz CT molecular complexity index is 1340. The molecule has 2 unspecified atom stereocenters. The predicted molar refractivity (Wildman–Crippen MR) is 141 cm³/mol. The highest BCUT2D eigenvalue weighted by Gasteiger charge is 2.46. The fourth-order valence-corrected chi connectivity index (χ4v) is 5.23. The molecule has 9 nitrogen and oxygen atoms in total. The number of benzene rings is 1. The summed E-state index contributed by atoms with van der Waals surface area (Å²) in [6.45, 7) is 1.46. The van der Waals surface area contributed by atoms with Gasteiger partial charge >= 0.3 is 0 Å². The fraction of sp³-hybridized carbons (Fsp3) is 0.321. The molecular weight excluding hydrogens is 466 g/mol. The van der Waals surface area contributed by atoms with Crippen molar-refractivity contribution in [3.63, 3.8) is 0 Å². The van der Waals surface area contributed by atoms with Gasteiger partial charge in [0.2, 0.25) is 11.6 Å². The number of allylic oxidation sites excluding steroid dienone is 1. The third-order valence-corrected chi connectivity index (χ3v) is 7.46. The molecule has 6 rings (SSSR count). The summed E-state index contributed by atoms with van der Waals surface area (Å²) >= 11 is 0. The van der Waals surface area contributed by atoms with E-state index in [1.807, 2.05) is 29.3 Å². The van der Waals surface area contributed by atoms with Crippen molar-refractivity contribution in [1.29, 1.82) is 0 Å². The van der Waals surface area contributed by atoms with Crippen LogP contribution in [0.4, 0.5) is 5.82 Å². The molecule has 1 saturated carbocycles. The van der Waals surface area contributed by atoms with Gasteiger partial charge in [-0.25, -0.2) is 4.98 Å². The lowest BCUT2D eigenvalue weighted by Gasteiger charge is -2.33. The van der Waals surface area contributed by atoms with Crippen LogP contribution >= 0.6 is 0 Å². The number of nitrogens with one attached hydrogen (secondary N) is 1. The van der Waals surface area contributed by atoms with Crippen LogP contribution < -0.4 is 11.2 Å². The van der Waals surface area contributed by atoms with E-state index < -0.39 is 0 Å². The number of carbonyl (C=O) groups excluding carboxylic acids is 2. The molecule has 9 heteroatoms. The Hall–Kier alpha value is -3.95. The lowest BCUT2D eigenvalue weighted by molar-refractivity contribution is -0.750. The Balaban J connectivity index is 1.24. The second kappa shape index (κ2) is 9.49. The smallest absolute Gasteiger partial charge is 0.264 e. The zero-order valence-corrected chi connectivity index (χ0v) is 20.6. The average Bonchev–Trinajstić information content (AvgIpc) is 3.69. The minimum Gasteiger partial charge on any atom is -0.342 e. The molecule has 1 aromatic carbocycles. The molecule has 0 radical (unpaired) electrons. The van der Waals surface area contributed by atoms with E-state index in [1.54, 1.807) is 42.9 Å². The van der Waals surface area contributed by atoms with Gasteiger partial charge in [0.15, 0.2) is 0 Å². The molecule has 0 bridgehead atoms. The van der Waals surface area contributed by atoms with Crippen molar-refractivity contribution in [2.45, 2.75) is 32.1 Å². The van der Waals surface area contributed by atoms with Crippen molar-refractivity contribution in [3.8, 4) is 0 Å². The highest BCUT2D eigenvalue weighted by molar-refractivity contribution is 6.05. The molecule has 3 aliphatic heterocycles. The number of quaternary nitrogens is 1. The molecule has 1 aliphatic carbocycles. The Labute approximate surface area is 215 Å². The first kappa shape index (κ1) is 23.4. The number of fused-ring (bicyclic) bond motifs is 1. The number of aromatic nitrogens is 1. The van der Waals surface area contributed by atoms with Gasteiger partial charge in [-0.05, 0) is 68.0 Å². The number of carbonyl (C=O) groups is 2. The van der Waals surface area contributed by atoms with Crippen LogP contribution in [0.1, 0.15) is 48.0 Å². The number of rotatable bonds is 6. The van der Waals surface area contributed by atoms with E-state index in [4.69, 9.17) is 10.8 Å². The summed E-state index contributed by atoms with van der Waals surface area (Å²) in [5.74, 6) is 8.77. The fourth-order valence-electron chi connectivity index (χ4n) is 5.23. The molecule has 1 aromatic heterocycles. The molecule has 4 heterocycles. The lowest BCUT2D eigenvalue weighted by Crippen LogP contribution is -2.53. The van der Waals surface area contributed by atoms with Crippen LogP contribution in [0.25, 0.3) is 0 Å². The van der Waals surface area contributed by atoms with Crippen molar-refractivity contribution in [2.24, 2.45) is 27.7 Å². The van der Waals surface area contributed by atoms with Crippen LogP contribution in [0.3, 0.4) is 0 Å². The second-order valence-electron chi connectivity index (χ2n) is 10.1. The maximum atomic E-state index is 12.8. The SMILES string of the molecule is N[N+]12C=CN=CC1=C(C1CCCN(C(=O)CC3CC3)C1)N=C2c1ccc(C(=O)Nc2ccccn2)cc1. The first-order valence-electron chi connectivity index (χ1n) is 12.8. The van der Waals surface area contributed by atoms with Gasteiger partial charge < -0.3 is 10.2 Å². The van der Waals surface area contributed by atoms with E-state index >= 15 is 0 Å². The highest BCUT2D eigenvalue weighted by atomic mass is 16.2. The number of nitrogens with two attached hydrogens (primary N) is 1. The minimum atomic E-state index is -0.238. The summed E-state index contributed by atoms with van der Waals surface area (Å²) in [6, 6.07) is 12.6. The van der Waals surface area contributed by atoms with E-state index in [0.717, 1.165) is 36.3 Å². The zero-order valence-electron chi connectivity index (χ0n) is 20.6. The summed E-state index contributed by atoms with van der Waals surface area (Å²) in [7, 11) is 0. The van der Waals surface area contributed by atoms with E-state index in [9.17, 15) is 9.59 Å². The van der Waals surface area contributed by atoms with Gasteiger partial charge in [-0.1, -0.05) is 6.07 Å². The predicted octanol–water partition coefficient (Wildman–Crippen LogP) is 3.59. The van der Waals surface area contributed by atoms with Crippen LogP contribution in [0, 0.1) is 11.8 Å². The third kappa shape index (κ3) is 4.63. The summed E-state index contributed by atoms with van der Waals surface area (Å²) in [4.78, 5) is 41.0. The third-order valence-electron chi connectivity index (χ3n) is 7.46. The van der Waals surface area contributed by atoms with E-state index in [-0.39, 0.29) is 22.3 Å². The van der Waals surface area contributed by atoms with Gasteiger partial charge in [-0.2, -0.15) is 10.8 Å². The minimum absolute atomic E-state index is 0.0785. The summed E-state index contributed by atoms with van der Waals surface area (Å²) in [5.41, 5.74) is 3.06. The average molecular weight is 497 g/mol. The number of hydrogen-bond donors (Lipinski definition) is 2. The topological polar surface area (TPSA) is 113 Å². The molecule has 1 saturated heterocycles. The normalized spacial score (nSPS) is 24.6. The first-order valence-corrected chi connectivity index (χ1v) is 12.8. The number of nitrogens with zero attached hydrogens (tertiary/aromatic N) is 5. The maximum Gasteiger partial charge on any atom is 0.264 e. The van der Waals surface area contributed by atoms with Crippen molar-refractivity contribution in [3.05, 3.63) is 83.6 Å². The van der Waals surface area contributed by atoms with Crippen LogP contribution in [0.5, 0.6) is 0 Å². The first-order chi connectivity index (χ1) is 18.0. The number of likely N-dealkylation sites (tertiary alicyclic amines) is 1. The van der Waals surface area contributed by atoms with E-state index in [0.29, 0.717) is 36.1 Å². The largest absolute Gasteiger partial charge is 0.342 e.